The zero-order valence-corrected chi connectivity index (χ0v) is 21.9. The van der Waals surface area contributed by atoms with E-state index >= 15 is 0 Å². The van der Waals surface area contributed by atoms with E-state index in [0.29, 0.717) is 12.1 Å². The number of likely N-dealkylation sites (N-methyl/N-ethyl adjacent to an activating group) is 1. The molecular formula is C23H26Br2N6O2. The minimum Gasteiger partial charge on any atom is -0.340 e. The second kappa shape index (κ2) is 8.54. The first-order valence-electron chi connectivity index (χ1n) is 11.2. The number of nitrogens with zero attached hydrogens (tertiary/aromatic N) is 5. The van der Waals surface area contributed by atoms with Gasteiger partial charge < -0.3 is 20.0 Å². The van der Waals surface area contributed by atoms with Gasteiger partial charge in [-0.2, -0.15) is 0 Å². The number of carbonyl (C=O) groups excluding carboxylic acids is 2. The van der Waals surface area contributed by atoms with Crippen molar-refractivity contribution in [1.82, 2.24) is 9.97 Å². The summed E-state index contributed by atoms with van der Waals surface area (Å²) < 4.78 is 1.62. The molecule has 2 aliphatic heterocycles. The van der Waals surface area contributed by atoms with Crippen LogP contribution in [0.15, 0.2) is 33.5 Å². The average molecular weight is 578 g/mol. The molecule has 0 radical (unpaired) electrons. The Morgan fingerprint density at radius 3 is 2.00 bits per heavy atom. The molecule has 2 aromatic heterocycles. The van der Waals surface area contributed by atoms with Crippen LogP contribution < -0.4 is 20.0 Å². The molecule has 0 aromatic carbocycles. The van der Waals surface area contributed by atoms with E-state index in [4.69, 9.17) is 0 Å². The molecule has 174 valence electrons. The Bertz CT molecular complexity index is 1120. The van der Waals surface area contributed by atoms with Crippen LogP contribution in [0.2, 0.25) is 0 Å². The molecule has 2 atom stereocenters. The Balaban J connectivity index is 0.000000139. The topological polar surface area (TPSA) is 81.7 Å². The maximum atomic E-state index is 12.2. The third-order valence-corrected chi connectivity index (χ3v) is 7.44. The summed E-state index contributed by atoms with van der Waals surface area (Å²) in [5.41, 5.74) is 1.72. The maximum Gasteiger partial charge on any atom is 0.249 e. The van der Waals surface area contributed by atoms with Crippen LogP contribution in [0.25, 0.3) is 0 Å². The number of rotatable bonds is 2. The van der Waals surface area contributed by atoms with E-state index < -0.39 is 0 Å². The first kappa shape index (κ1) is 22.6. The zero-order chi connectivity index (χ0) is 23.4. The second-order valence-corrected chi connectivity index (χ2v) is 10.6. The fourth-order valence-corrected chi connectivity index (χ4v) is 5.12. The van der Waals surface area contributed by atoms with Crippen LogP contribution in [-0.4, -0.2) is 53.0 Å². The number of hydrogen-bond acceptors (Lipinski definition) is 6. The van der Waals surface area contributed by atoms with Crippen molar-refractivity contribution in [2.75, 3.05) is 27.1 Å². The number of amides is 2. The predicted molar refractivity (Wildman–Crippen MR) is 136 cm³/mol. The summed E-state index contributed by atoms with van der Waals surface area (Å²) >= 11 is 6.77. The molecule has 1 N–H and O–H groups in total. The van der Waals surface area contributed by atoms with Gasteiger partial charge in [0.2, 0.25) is 11.8 Å². The highest BCUT2D eigenvalue weighted by molar-refractivity contribution is 9.10. The van der Waals surface area contributed by atoms with Crippen LogP contribution in [0.5, 0.6) is 0 Å². The van der Waals surface area contributed by atoms with Gasteiger partial charge in [-0.25, -0.2) is 9.97 Å². The Morgan fingerprint density at radius 1 is 0.848 bits per heavy atom. The molecule has 2 fully saturated rings. The number of nitrogens with one attached hydrogen (secondary N) is 1. The first-order valence-corrected chi connectivity index (χ1v) is 12.8. The molecule has 2 unspecified atom stereocenters. The molecule has 10 heteroatoms. The van der Waals surface area contributed by atoms with Gasteiger partial charge in [-0.05, 0) is 95.7 Å². The highest BCUT2D eigenvalue weighted by atomic mass is 79.9. The van der Waals surface area contributed by atoms with Crippen molar-refractivity contribution >= 4 is 66.7 Å². The predicted octanol–water partition coefficient (Wildman–Crippen LogP) is 4.33. The molecule has 2 saturated carbocycles. The van der Waals surface area contributed by atoms with Gasteiger partial charge in [0.1, 0.15) is 21.3 Å². The van der Waals surface area contributed by atoms with Crippen molar-refractivity contribution < 1.29 is 9.59 Å². The van der Waals surface area contributed by atoms with Gasteiger partial charge in [0.05, 0.1) is 11.4 Å². The van der Waals surface area contributed by atoms with Gasteiger partial charge in [-0.1, -0.05) is 0 Å². The van der Waals surface area contributed by atoms with Crippen molar-refractivity contribution in [2.45, 2.75) is 63.7 Å². The number of aromatic nitrogens is 2. The average Bonchev–Trinajstić information content (AvgIpc) is 3.68. The van der Waals surface area contributed by atoms with E-state index in [0.717, 1.165) is 57.9 Å². The summed E-state index contributed by atoms with van der Waals surface area (Å²) in [5.74, 6) is 2.03. The molecule has 33 heavy (non-hydrogen) atoms. The van der Waals surface area contributed by atoms with Gasteiger partial charge >= 0.3 is 0 Å². The molecule has 2 aliphatic carbocycles. The lowest BCUT2D eigenvalue weighted by Crippen LogP contribution is -2.52. The minimum absolute atomic E-state index is 0.0588. The van der Waals surface area contributed by atoms with Gasteiger partial charge in [-0.15, -0.1) is 0 Å². The number of anilines is 4. The number of fused-ring (bicyclic) bond motifs is 2. The Kier molecular flexibility index (Phi) is 5.84. The second-order valence-electron chi connectivity index (χ2n) is 9.00. The van der Waals surface area contributed by atoms with Crippen molar-refractivity contribution in [3.05, 3.63) is 33.5 Å². The number of hydrogen-bond donors (Lipinski definition) is 1. The van der Waals surface area contributed by atoms with Crippen LogP contribution >= 0.6 is 31.9 Å². The molecule has 0 spiro atoms. The minimum atomic E-state index is -0.123. The van der Waals surface area contributed by atoms with E-state index in [9.17, 15) is 9.59 Å². The normalized spacial score (nSPS) is 24.0. The number of halogens is 2. The lowest BCUT2D eigenvalue weighted by molar-refractivity contribution is -0.119. The van der Waals surface area contributed by atoms with Gasteiger partial charge in [0.15, 0.2) is 11.6 Å². The van der Waals surface area contributed by atoms with Crippen molar-refractivity contribution in [3.8, 4) is 0 Å². The van der Waals surface area contributed by atoms with Crippen molar-refractivity contribution in [3.63, 3.8) is 0 Å². The van der Waals surface area contributed by atoms with E-state index in [1.807, 2.05) is 45.2 Å². The summed E-state index contributed by atoms with van der Waals surface area (Å²) in [6, 6.07) is 8.31. The van der Waals surface area contributed by atoms with Crippen molar-refractivity contribution in [1.29, 1.82) is 0 Å². The fraction of sp³-hybridized carbons (Fsp3) is 0.478. The third-order valence-electron chi connectivity index (χ3n) is 6.55. The zero-order valence-electron chi connectivity index (χ0n) is 18.8. The van der Waals surface area contributed by atoms with E-state index in [1.54, 1.807) is 4.90 Å². The smallest absolute Gasteiger partial charge is 0.249 e. The van der Waals surface area contributed by atoms with E-state index in [2.05, 4.69) is 56.9 Å². The van der Waals surface area contributed by atoms with Crippen LogP contribution in [0.3, 0.4) is 0 Å². The van der Waals surface area contributed by atoms with Crippen LogP contribution in [0.1, 0.15) is 39.5 Å². The van der Waals surface area contributed by atoms with Gasteiger partial charge in [-0.3, -0.25) is 9.59 Å². The monoisotopic (exact) mass is 576 g/mol. The molecule has 8 nitrogen and oxygen atoms in total. The summed E-state index contributed by atoms with van der Waals surface area (Å²) in [7, 11) is 1.82. The molecule has 4 aliphatic rings. The van der Waals surface area contributed by atoms with Crippen LogP contribution in [-0.2, 0) is 9.59 Å². The Morgan fingerprint density at radius 2 is 1.39 bits per heavy atom. The number of carbonyl (C=O) groups is 2. The summed E-state index contributed by atoms with van der Waals surface area (Å²) in [6.45, 7) is 3.89. The summed E-state index contributed by atoms with van der Waals surface area (Å²) in [6.07, 6.45) is 4.64. The largest absolute Gasteiger partial charge is 0.340 e. The van der Waals surface area contributed by atoms with E-state index in [-0.39, 0.29) is 23.9 Å². The SMILES string of the molecule is CC1C(=O)N(C)c2ccc(Br)nc2N1C1CC1.CC1C(=O)Nc2ccc(Br)nc2N1C1CC1. The summed E-state index contributed by atoms with van der Waals surface area (Å²) in [5, 5.41) is 2.89. The van der Waals surface area contributed by atoms with Crippen molar-refractivity contribution in [2.24, 2.45) is 0 Å². The lowest BCUT2D eigenvalue weighted by atomic mass is 10.1. The summed E-state index contributed by atoms with van der Waals surface area (Å²) in [4.78, 5) is 39.0. The van der Waals surface area contributed by atoms with Gasteiger partial charge in [0, 0.05) is 19.1 Å². The standard InChI is InChI=1S/C12H14BrN3O.C11H12BrN3O/c1-7-12(17)15(2)9-5-6-10(13)14-11(9)16(7)8-3-4-8;1-6-11(16)13-8-4-5-9(12)14-10(8)15(6)7-2-3-7/h5-8H,3-4H2,1-2H3;4-7H,2-3H2,1H3,(H,13,16). The first-order chi connectivity index (χ1) is 15.8. The highest BCUT2D eigenvalue weighted by Crippen LogP contribution is 2.42. The molecule has 2 amide bonds. The molecule has 0 bridgehead atoms. The van der Waals surface area contributed by atoms with Crippen LogP contribution in [0.4, 0.5) is 23.0 Å². The van der Waals surface area contributed by atoms with E-state index in [1.165, 1.54) is 0 Å². The fourth-order valence-electron chi connectivity index (χ4n) is 4.52. The molecule has 2 aromatic rings. The van der Waals surface area contributed by atoms with Gasteiger partial charge in [0.25, 0.3) is 0 Å². The quantitative estimate of drug-likeness (QED) is 0.535. The molecule has 0 saturated heterocycles. The number of pyridine rings is 2. The van der Waals surface area contributed by atoms with Crippen LogP contribution in [0, 0.1) is 0 Å². The Hall–Kier alpha value is -2.20. The molecule has 4 heterocycles. The molecule has 6 rings (SSSR count). The molecular weight excluding hydrogens is 552 g/mol. The lowest BCUT2D eigenvalue weighted by Gasteiger charge is -2.39. The highest BCUT2D eigenvalue weighted by Gasteiger charge is 2.42. The Labute approximate surface area is 210 Å². The maximum absolute atomic E-state index is 12.2. The third kappa shape index (κ3) is 4.23.